The predicted octanol–water partition coefficient (Wildman–Crippen LogP) is 2.07. The first kappa shape index (κ1) is 9.40. The summed E-state index contributed by atoms with van der Waals surface area (Å²) in [7, 11) is 0. The molecule has 0 aliphatic carbocycles. The highest BCUT2D eigenvalue weighted by atomic mass is 79.9. The zero-order valence-electron chi connectivity index (χ0n) is 7.53. The van der Waals surface area contributed by atoms with Crippen molar-refractivity contribution in [1.82, 2.24) is 9.36 Å². The highest BCUT2D eigenvalue weighted by Gasteiger charge is 2.22. The molecule has 0 N–H and O–H groups in total. The Morgan fingerprint density at radius 3 is 3.08 bits per heavy atom. The van der Waals surface area contributed by atoms with Crippen LogP contribution in [-0.2, 0) is 6.42 Å². The van der Waals surface area contributed by atoms with Gasteiger partial charge >= 0.3 is 0 Å². The van der Waals surface area contributed by atoms with Crippen LogP contribution >= 0.6 is 27.5 Å². The number of alkyl halides is 1. The van der Waals surface area contributed by atoms with Gasteiger partial charge in [-0.25, -0.2) is 4.98 Å². The second-order valence-corrected chi connectivity index (χ2v) is 5.20. The standard InChI is InChI=1S/C8H12BrN3S/c1-2-7-10-8(13-11-7)12-4-3-6(9)5-12/h6H,2-5H2,1H3. The summed E-state index contributed by atoms with van der Waals surface area (Å²) in [5.41, 5.74) is 0. The van der Waals surface area contributed by atoms with E-state index in [1.165, 1.54) is 18.0 Å². The molecule has 1 unspecified atom stereocenters. The van der Waals surface area contributed by atoms with Crippen LogP contribution in [0, 0.1) is 0 Å². The lowest BCUT2D eigenvalue weighted by molar-refractivity contribution is 0.929. The molecule has 2 rings (SSSR count). The fraction of sp³-hybridized carbons (Fsp3) is 0.750. The predicted molar refractivity (Wildman–Crippen MR) is 58.8 cm³/mol. The molecule has 0 radical (unpaired) electrons. The molecule has 2 heterocycles. The number of hydrogen-bond acceptors (Lipinski definition) is 4. The van der Waals surface area contributed by atoms with E-state index in [0.29, 0.717) is 4.83 Å². The van der Waals surface area contributed by atoms with Crippen molar-refractivity contribution in [2.24, 2.45) is 0 Å². The van der Waals surface area contributed by atoms with Gasteiger partial charge in [-0.3, -0.25) is 0 Å². The molecule has 1 aromatic rings. The Morgan fingerprint density at radius 2 is 2.54 bits per heavy atom. The van der Waals surface area contributed by atoms with Gasteiger partial charge in [-0.1, -0.05) is 22.9 Å². The van der Waals surface area contributed by atoms with E-state index < -0.39 is 0 Å². The molecule has 0 spiro atoms. The third-order valence-corrected chi connectivity index (χ3v) is 3.74. The Labute approximate surface area is 90.5 Å². The van der Waals surface area contributed by atoms with Crippen molar-refractivity contribution in [3.63, 3.8) is 0 Å². The lowest BCUT2D eigenvalue weighted by Gasteiger charge is -2.11. The molecule has 0 amide bonds. The number of hydrogen-bond donors (Lipinski definition) is 0. The van der Waals surface area contributed by atoms with Crippen molar-refractivity contribution in [2.45, 2.75) is 24.6 Å². The van der Waals surface area contributed by atoms with Crippen LogP contribution in [0.25, 0.3) is 0 Å². The van der Waals surface area contributed by atoms with E-state index in [1.807, 2.05) is 0 Å². The number of aromatic nitrogens is 2. The van der Waals surface area contributed by atoms with E-state index in [4.69, 9.17) is 0 Å². The largest absolute Gasteiger partial charge is 0.346 e. The Hall–Kier alpha value is -0.160. The average Bonchev–Trinajstić information content (AvgIpc) is 2.71. The lowest BCUT2D eigenvalue weighted by atomic mass is 10.4. The minimum atomic E-state index is 0.626. The van der Waals surface area contributed by atoms with Crippen LogP contribution in [0.15, 0.2) is 0 Å². The third kappa shape index (κ3) is 2.02. The summed E-state index contributed by atoms with van der Waals surface area (Å²) >= 11 is 5.13. The van der Waals surface area contributed by atoms with E-state index in [9.17, 15) is 0 Å². The average molecular weight is 262 g/mol. The summed E-state index contributed by atoms with van der Waals surface area (Å²) < 4.78 is 4.28. The summed E-state index contributed by atoms with van der Waals surface area (Å²) in [6.07, 6.45) is 2.14. The molecule has 72 valence electrons. The van der Waals surface area contributed by atoms with Gasteiger partial charge in [-0.2, -0.15) is 4.37 Å². The maximum Gasteiger partial charge on any atom is 0.205 e. The van der Waals surface area contributed by atoms with Crippen LogP contribution in [0.2, 0.25) is 0 Å². The molecule has 1 aliphatic heterocycles. The number of aryl methyl sites for hydroxylation is 1. The van der Waals surface area contributed by atoms with Crippen LogP contribution in [0.5, 0.6) is 0 Å². The van der Waals surface area contributed by atoms with E-state index in [1.54, 1.807) is 0 Å². The zero-order valence-corrected chi connectivity index (χ0v) is 9.94. The first-order chi connectivity index (χ1) is 6.29. The molecule has 13 heavy (non-hydrogen) atoms. The highest BCUT2D eigenvalue weighted by molar-refractivity contribution is 9.09. The molecule has 3 nitrogen and oxygen atoms in total. The van der Waals surface area contributed by atoms with E-state index in [2.05, 4.69) is 37.1 Å². The first-order valence-electron chi connectivity index (χ1n) is 4.51. The molecule has 5 heteroatoms. The Morgan fingerprint density at radius 1 is 1.69 bits per heavy atom. The second-order valence-electron chi connectivity index (χ2n) is 3.18. The number of anilines is 1. The molecular weight excluding hydrogens is 250 g/mol. The molecule has 0 aromatic carbocycles. The summed E-state index contributed by atoms with van der Waals surface area (Å²) in [5.74, 6) is 0.970. The van der Waals surface area contributed by atoms with Crippen molar-refractivity contribution >= 4 is 32.6 Å². The Kier molecular flexibility index (Phi) is 2.83. The molecule has 1 saturated heterocycles. The summed E-state index contributed by atoms with van der Waals surface area (Å²) in [4.78, 5) is 7.39. The minimum Gasteiger partial charge on any atom is -0.346 e. The Balaban J connectivity index is 2.08. The SMILES string of the molecule is CCc1nsc(N2CCC(Br)C2)n1. The molecule has 1 atom stereocenters. The topological polar surface area (TPSA) is 29.0 Å². The van der Waals surface area contributed by atoms with Gasteiger partial charge in [0, 0.05) is 35.9 Å². The zero-order chi connectivity index (χ0) is 9.26. The summed E-state index contributed by atoms with van der Waals surface area (Å²) in [6, 6.07) is 0. The molecule has 1 fully saturated rings. The van der Waals surface area contributed by atoms with E-state index in [-0.39, 0.29) is 0 Å². The van der Waals surface area contributed by atoms with Crippen molar-refractivity contribution in [3.05, 3.63) is 5.82 Å². The number of rotatable bonds is 2. The van der Waals surface area contributed by atoms with Crippen molar-refractivity contribution in [2.75, 3.05) is 18.0 Å². The number of nitrogens with zero attached hydrogens (tertiary/aromatic N) is 3. The van der Waals surface area contributed by atoms with Crippen molar-refractivity contribution in [1.29, 1.82) is 0 Å². The minimum absolute atomic E-state index is 0.626. The maximum absolute atomic E-state index is 4.46. The van der Waals surface area contributed by atoms with Gasteiger partial charge in [0.05, 0.1) is 0 Å². The van der Waals surface area contributed by atoms with Crippen LogP contribution in [0.1, 0.15) is 19.2 Å². The van der Waals surface area contributed by atoms with Gasteiger partial charge in [0.25, 0.3) is 0 Å². The van der Waals surface area contributed by atoms with Gasteiger partial charge in [0.2, 0.25) is 5.13 Å². The first-order valence-corrected chi connectivity index (χ1v) is 6.20. The van der Waals surface area contributed by atoms with Crippen molar-refractivity contribution in [3.8, 4) is 0 Å². The second kappa shape index (κ2) is 3.92. The van der Waals surface area contributed by atoms with Gasteiger partial charge in [0.15, 0.2) is 0 Å². The van der Waals surface area contributed by atoms with Gasteiger partial charge in [0.1, 0.15) is 5.82 Å². The highest BCUT2D eigenvalue weighted by Crippen LogP contribution is 2.25. The fourth-order valence-electron chi connectivity index (χ4n) is 1.41. The molecule has 1 aliphatic rings. The van der Waals surface area contributed by atoms with Crippen LogP contribution < -0.4 is 4.90 Å². The lowest BCUT2D eigenvalue weighted by Crippen LogP contribution is -2.19. The van der Waals surface area contributed by atoms with Gasteiger partial charge in [-0.05, 0) is 6.42 Å². The van der Waals surface area contributed by atoms with Crippen molar-refractivity contribution < 1.29 is 0 Å². The van der Waals surface area contributed by atoms with E-state index in [0.717, 1.165) is 30.5 Å². The van der Waals surface area contributed by atoms with E-state index >= 15 is 0 Å². The molecular formula is C8H12BrN3S. The normalized spacial score (nSPS) is 22.6. The summed E-state index contributed by atoms with van der Waals surface area (Å²) in [5, 5.41) is 1.08. The monoisotopic (exact) mass is 261 g/mol. The molecule has 0 saturated carbocycles. The van der Waals surface area contributed by atoms with Gasteiger partial charge < -0.3 is 4.90 Å². The van der Waals surface area contributed by atoms with Crippen LogP contribution in [0.4, 0.5) is 5.13 Å². The molecule has 0 bridgehead atoms. The van der Waals surface area contributed by atoms with Gasteiger partial charge in [-0.15, -0.1) is 0 Å². The quantitative estimate of drug-likeness (QED) is 0.764. The fourth-order valence-corrected chi connectivity index (χ4v) is 2.75. The number of halogens is 1. The Bertz CT molecular complexity index is 289. The third-order valence-electron chi connectivity index (χ3n) is 2.17. The smallest absolute Gasteiger partial charge is 0.205 e. The summed E-state index contributed by atoms with van der Waals surface area (Å²) in [6.45, 7) is 4.26. The van der Waals surface area contributed by atoms with Crippen LogP contribution in [0.3, 0.4) is 0 Å². The molecule has 1 aromatic heterocycles. The van der Waals surface area contributed by atoms with Crippen LogP contribution in [-0.4, -0.2) is 27.3 Å². The maximum atomic E-state index is 4.46.